The third-order valence-corrected chi connectivity index (χ3v) is 7.93. The van der Waals surface area contributed by atoms with E-state index in [-0.39, 0.29) is 29.4 Å². The Hall–Kier alpha value is -4.82. The number of carbonyl (C=O) groups excluding carboxylic acids is 7. The molecule has 0 spiro atoms. The van der Waals surface area contributed by atoms with Crippen molar-refractivity contribution in [2.24, 2.45) is 17.6 Å². The lowest BCUT2D eigenvalue weighted by molar-refractivity contribution is -0.142. The number of hydrogen-bond acceptors (Lipinski definition) is 8. The monoisotopic (exact) mass is 642 g/mol. The lowest BCUT2D eigenvalue weighted by atomic mass is 9.83. The van der Waals surface area contributed by atoms with Gasteiger partial charge in [-0.2, -0.15) is 0 Å². The molecule has 1 aromatic carbocycles. The molecule has 2 aliphatic carbocycles. The summed E-state index contributed by atoms with van der Waals surface area (Å²) in [7, 11) is 0. The van der Waals surface area contributed by atoms with Gasteiger partial charge >= 0.3 is 5.97 Å². The zero-order valence-corrected chi connectivity index (χ0v) is 25.8. The number of nitrogens with one attached hydrogen (secondary N) is 4. The average Bonchev–Trinajstić information content (AvgIpc) is 3.84. The number of nitrogens with zero attached hydrogens (tertiary/aromatic N) is 1. The van der Waals surface area contributed by atoms with Crippen LogP contribution in [0.5, 0.6) is 0 Å². The van der Waals surface area contributed by atoms with Gasteiger partial charge in [0.2, 0.25) is 29.5 Å². The van der Waals surface area contributed by atoms with Crippen LogP contribution >= 0.6 is 0 Å². The van der Waals surface area contributed by atoms with Crippen LogP contribution < -0.4 is 27.0 Å². The fourth-order valence-corrected chi connectivity index (χ4v) is 5.52. The smallest absolute Gasteiger partial charge is 0.336 e. The third-order valence-electron chi connectivity index (χ3n) is 7.93. The van der Waals surface area contributed by atoms with Crippen LogP contribution in [-0.2, 0) is 28.8 Å². The molecule has 46 heavy (non-hydrogen) atoms. The van der Waals surface area contributed by atoms with Gasteiger partial charge in [-0.05, 0) is 50.2 Å². The van der Waals surface area contributed by atoms with E-state index in [1.807, 2.05) is 0 Å². The summed E-state index contributed by atoms with van der Waals surface area (Å²) in [5, 5.41) is 19.4. The van der Waals surface area contributed by atoms with E-state index in [0.717, 1.165) is 37.0 Å². The maximum Gasteiger partial charge on any atom is 0.336 e. The van der Waals surface area contributed by atoms with Gasteiger partial charge in [0.15, 0.2) is 0 Å². The molecule has 7 N–H and O–H groups in total. The van der Waals surface area contributed by atoms with E-state index in [1.165, 1.54) is 31.2 Å². The number of carbonyl (C=O) groups is 8. The molecule has 0 radical (unpaired) electrons. The molecule has 15 heteroatoms. The molecular formula is C31H42N6O9. The molecule has 2 atom stereocenters. The Kier molecular flexibility index (Phi) is 13.2. The van der Waals surface area contributed by atoms with Crippen molar-refractivity contribution in [3.63, 3.8) is 0 Å². The number of carboxylic acids is 1. The van der Waals surface area contributed by atoms with Crippen molar-refractivity contribution in [3.8, 4) is 0 Å². The topological polar surface area (TPSA) is 234 Å². The molecule has 2 aliphatic rings. The highest BCUT2D eigenvalue weighted by atomic mass is 16.4. The van der Waals surface area contributed by atoms with Gasteiger partial charge in [0.1, 0.15) is 24.4 Å². The number of nitrogens with two attached hydrogens (primary N) is 1. The maximum atomic E-state index is 13.7. The fraction of sp³-hybridized carbons (Fsp3) is 0.548. The highest BCUT2D eigenvalue weighted by Gasteiger charge is 2.36. The first-order chi connectivity index (χ1) is 21.8. The standard InChI is InChI=1S/C31H42N6O9/c1-18(38)16-37(17-26(41)36-27(20-7-3-2-4-8-20)29(43)33-14-24(32)39)30(44)23(13-19-11-12-19)35-25(40)15-34-28(42)21-9-5-6-10-22(21)31(45)46/h5-6,9-10,19-20,23,27H,2-4,7-8,11-17H2,1H3,(H2,32,39)(H,33,43)(H,34,42)(H,35,40)(H,36,41)(H,45,46). The van der Waals surface area contributed by atoms with Crippen LogP contribution in [0, 0.1) is 11.8 Å². The quantitative estimate of drug-likeness (QED) is 0.128. The normalized spacial score (nSPS) is 15.8. The largest absolute Gasteiger partial charge is 0.478 e. The van der Waals surface area contributed by atoms with Crippen LogP contribution in [0.15, 0.2) is 24.3 Å². The van der Waals surface area contributed by atoms with E-state index >= 15 is 0 Å². The summed E-state index contributed by atoms with van der Waals surface area (Å²) >= 11 is 0. The number of ketones is 1. The molecule has 250 valence electrons. The molecule has 0 saturated heterocycles. The number of amides is 6. The Morgan fingerprint density at radius 2 is 1.50 bits per heavy atom. The van der Waals surface area contributed by atoms with Gasteiger partial charge in [-0.3, -0.25) is 33.6 Å². The summed E-state index contributed by atoms with van der Waals surface area (Å²) in [6, 6.07) is 3.42. The van der Waals surface area contributed by atoms with E-state index in [0.29, 0.717) is 12.8 Å². The molecule has 0 bridgehead atoms. The second-order valence-corrected chi connectivity index (χ2v) is 11.9. The Balaban J connectivity index is 1.68. The van der Waals surface area contributed by atoms with Crippen molar-refractivity contribution in [2.45, 2.75) is 70.4 Å². The molecule has 2 saturated carbocycles. The number of rotatable bonds is 17. The number of carboxylic acid groups (broad SMARTS) is 1. The molecule has 0 aliphatic heterocycles. The minimum absolute atomic E-state index is 0.137. The van der Waals surface area contributed by atoms with Crippen LogP contribution in [-0.4, -0.2) is 95.5 Å². The molecule has 2 unspecified atom stereocenters. The van der Waals surface area contributed by atoms with Gasteiger partial charge in [0.05, 0.1) is 30.8 Å². The van der Waals surface area contributed by atoms with Crippen LogP contribution in [0.4, 0.5) is 0 Å². The summed E-state index contributed by atoms with van der Waals surface area (Å²) in [6.07, 6.45) is 6.00. The molecular weight excluding hydrogens is 600 g/mol. The molecule has 3 rings (SSSR count). The summed E-state index contributed by atoms with van der Waals surface area (Å²) in [6.45, 7) is -0.697. The predicted octanol–water partition coefficient (Wildman–Crippen LogP) is -0.516. The SMILES string of the molecule is CC(=O)CN(CC(=O)NC(C(=O)NCC(N)=O)C1CCCCC1)C(=O)C(CC1CC1)NC(=O)CNC(=O)c1ccccc1C(=O)O. The molecule has 2 fully saturated rings. The van der Waals surface area contributed by atoms with Gasteiger partial charge in [-0.1, -0.05) is 44.2 Å². The Morgan fingerprint density at radius 1 is 0.848 bits per heavy atom. The Labute approximate surface area is 266 Å². The van der Waals surface area contributed by atoms with Gasteiger partial charge in [0, 0.05) is 0 Å². The number of aromatic carboxylic acids is 1. The Bertz CT molecular complexity index is 1340. The van der Waals surface area contributed by atoms with Crippen LogP contribution in [0.2, 0.25) is 0 Å². The Morgan fingerprint density at radius 3 is 2.09 bits per heavy atom. The molecule has 6 amide bonds. The van der Waals surface area contributed by atoms with Crippen molar-refractivity contribution in [2.75, 3.05) is 26.2 Å². The molecule has 15 nitrogen and oxygen atoms in total. The van der Waals surface area contributed by atoms with E-state index < -0.39 is 85.5 Å². The van der Waals surface area contributed by atoms with Gasteiger partial charge in [-0.15, -0.1) is 0 Å². The van der Waals surface area contributed by atoms with Crippen LogP contribution in [0.25, 0.3) is 0 Å². The second-order valence-electron chi connectivity index (χ2n) is 11.9. The summed E-state index contributed by atoms with van der Waals surface area (Å²) in [5.41, 5.74) is 4.78. The van der Waals surface area contributed by atoms with E-state index in [2.05, 4.69) is 21.3 Å². The van der Waals surface area contributed by atoms with Gasteiger partial charge < -0.3 is 37.0 Å². The molecule has 0 heterocycles. The lowest BCUT2D eigenvalue weighted by Crippen LogP contribution is -2.57. The fourth-order valence-electron chi connectivity index (χ4n) is 5.52. The van der Waals surface area contributed by atoms with Crippen LogP contribution in [0.3, 0.4) is 0 Å². The van der Waals surface area contributed by atoms with Gasteiger partial charge in [0.25, 0.3) is 5.91 Å². The van der Waals surface area contributed by atoms with Crippen molar-refractivity contribution in [3.05, 3.63) is 35.4 Å². The van der Waals surface area contributed by atoms with Crippen molar-refractivity contribution < 1.29 is 43.5 Å². The second kappa shape index (κ2) is 17.0. The highest BCUT2D eigenvalue weighted by molar-refractivity contribution is 6.05. The summed E-state index contributed by atoms with van der Waals surface area (Å²) in [4.78, 5) is 101. The lowest BCUT2D eigenvalue weighted by Gasteiger charge is -2.31. The zero-order valence-electron chi connectivity index (χ0n) is 25.8. The zero-order chi connectivity index (χ0) is 33.8. The predicted molar refractivity (Wildman–Crippen MR) is 163 cm³/mol. The number of hydrogen-bond donors (Lipinski definition) is 6. The van der Waals surface area contributed by atoms with E-state index in [4.69, 9.17) is 5.73 Å². The maximum absolute atomic E-state index is 13.7. The van der Waals surface area contributed by atoms with Crippen molar-refractivity contribution in [1.82, 2.24) is 26.2 Å². The third kappa shape index (κ3) is 11.3. The minimum Gasteiger partial charge on any atom is -0.478 e. The van der Waals surface area contributed by atoms with Gasteiger partial charge in [-0.25, -0.2) is 4.79 Å². The average molecular weight is 643 g/mol. The molecule has 0 aromatic heterocycles. The van der Waals surface area contributed by atoms with E-state index in [9.17, 15) is 43.5 Å². The first-order valence-corrected chi connectivity index (χ1v) is 15.4. The summed E-state index contributed by atoms with van der Waals surface area (Å²) in [5.74, 6) is -5.98. The number of Topliss-reactive ketones (excluding diaryl/α,β-unsaturated/α-hetero) is 1. The van der Waals surface area contributed by atoms with Crippen LogP contribution in [0.1, 0.15) is 79.0 Å². The first-order valence-electron chi connectivity index (χ1n) is 15.4. The number of benzene rings is 1. The van der Waals surface area contributed by atoms with Crippen molar-refractivity contribution >= 4 is 47.2 Å². The highest BCUT2D eigenvalue weighted by Crippen LogP contribution is 2.34. The molecule has 1 aromatic rings. The van der Waals surface area contributed by atoms with E-state index in [1.54, 1.807) is 0 Å². The number of primary amides is 1. The minimum atomic E-state index is -1.31. The first kappa shape index (κ1) is 35.7. The van der Waals surface area contributed by atoms with Crippen molar-refractivity contribution in [1.29, 1.82) is 0 Å². The summed E-state index contributed by atoms with van der Waals surface area (Å²) < 4.78 is 0.